The molecule has 2 amide bonds. The van der Waals surface area contributed by atoms with Gasteiger partial charge in [0.05, 0.1) is 11.1 Å². The molecule has 3 rings (SSSR count). The Morgan fingerprint density at radius 3 is 2.45 bits per heavy atom. The molecule has 20 heavy (non-hydrogen) atoms. The van der Waals surface area contributed by atoms with Crippen LogP contribution >= 0.6 is 0 Å². The molecule has 2 heterocycles. The lowest BCUT2D eigenvalue weighted by Crippen LogP contribution is -2.48. The van der Waals surface area contributed by atoms with Crippen LogP contribution in [0.25, 0.3) is 0 Å². The summed E-state index contributed by atoms with van der Waals surface area (Å²) in [5.74, 6) is -0.464. The van der Waals surface area contributed by atoms with Gasteiger partial charge in [0.25, 0.3) is 11.8 Å². The van der Waals surface area contributed by atoms with E-state index in [1.165, 1.54) is 11.1 Å². The quantitative estimate of drug-likeness (QED) is 0.837. The third-order valence-corrected chi connectivity index (χ3v) is 4.09. The topological polar surface area (TPSA) is 60.9 Å². The SMILES string of the molecule is CCc1c(O)ccc2c1C(=O)N(N1CCCCC1)C2=O. The Balaban J connectivity index is 2.03. The van der Waals surface area contributed by atoms with Gasteiger partial charge >= 0.3 is 0 Å². The van der Waals surface area contributed by atoms with E-state index in [4.69, 9.17) is 0 Å². The Labute approximate surface area is 117 Å². The number of phenols is 1. The molecule has 0 aromatic heterocycles. The fourth-order valence-electron chi connectivity index (χ4n) is 3.06. The second-order valence-corrected chi connectivity index (χ2v) is 5.28. The van der Waals surface area contributed by atoms with Crippen molar-refractivity contribution in [2.75, 3.05) is 13.1 Å². The van der Waals surface area contributed by atoms with Crippen molar-refractivity contribution in [3.8, 4) is 5.75 Å². The van der Waals surface area contributed by atoms with Crippen molar-refractivity contribution in [2.45, 2.75) is 32.6 Å². The van der Waals surface area contributed by atoms with Crippen molar-refractivity contribution in [3.63, 3.8) is 0 Å². The number of carbonyl (C=O) groups is 2. The number of benzene rings is 1. The van der Waals surface area contributed by atoms with E-state index in [0.717, 1.165) is 32.4 Å². The van der Waals surface area contributed by atoms with Crippen LogP contribution in [0.1, 0.15) is 52.5 Å². The van der Waals surface area contributed by atoms with Crippen LogP contribution in [0.2, 0.25) is 0 Å². The second-order valence-electron chi connectivity index (χ2n) is 5.28. The van der Waals surface area contributed by atoms with Gasteiger partial charge in [0.15, 0.2) is 0 Å². The van der Waals surface area contributed by atoms with E-state index < -0.39 is 0 Å². The summed E-state index contributed by atoms with van der Waals surface area (Å²) in [6.45, 7) is 3.34. The fourth-order valence-corrected chi connectivity index (χ4v) is 3.06. The summed E-state index contributed by atoms with van der Waals surface area (Å²) in [6, 6.07) is 3.05. The van der Waals surface area contributed by atoms with Crippen LogP contribution in [-0.2, 0) is 6.42 Å². The Morgan fingerprint density at radius 2 is 1.80 bits per heavy atom. The number of nitrogens with zero attached hydrogens (tertiary/aromatic N) is 2. The number of imide groups is 1. The molecule has 0 bridgehead atoms. The Bertz CT molecular complexity index is 577. The first kappa shape index (κ1) is 13.1. The number of carbonyl (C=O) groups excluding carboxylic acids is 2. The summed E-state index contributed by atoms with van der Waals surface area (Å²) >= 11 is 0. The molecule has 0 atom stereocenters. The van der Waals surface area contributed by atoms with Crippen molar-refractivity contribution in [3.05, 3.63) is 28.8 Å². The zero-order chi connectivity index (χ0) is 14.3. The highest BCUT2D eigenvalue weighted by atomic mass is 16.3. The number of aromatic hydroxyl groups is 1. The minimum absolute atomic E-state index is 0.0906. The molecular formula is C15H18N2O3. The van der Waals surface area contributed by atoms with Crippen LogP contribution in [0, 0.1) is 0 Å². The van der Waals surface area contributed by atoms with E-state index in [-0.39, 0.29) is 17.6 Å². The lowest BCUT2D eigenvalue weighted by Gasteiger charge is -2.32. The maximum atomic E-state index is 12.6. The highest BCUT2D eigenvalue weighted by Gasteiger charge is 2.41. The number of piperidine rings is 1. The summed E-state index contributed by atoms with van der Waals surface area (Å²) in [7, 11) is 0. The number of rotatable bonds is 2. The number of phenolic OH excluding ortho intramolecular Hbond substituents is 1. The van der Waals surface area contributed by atoms with Crippen molar-refractivity contribution in [1.29, 1.82) is 0 Å². The smallest absolute Gasteiger partial charge is 0.276 e. The monoisotopic (exact) mass is 274 g/mol. The number of amides is 2. The van der Waals surface area contributed by atoms with Crippen LogP contribution in [0.3, 0.4) is 0 Å². The predicted molar refractivity (Wildman–Crippen MR) is 73.4 cm³/mol. The van der Waals surface area contributed by atoms with Crippen molar-refractivity contribution in [2.24, 2.45) is 0 Å². The minimum atomic E-state index is -0.292. The van der Waals surface area contributed by atoms with Gasteiger partial charge in [-0.15, -0.1) is 0 Å². The number of fused-ring (bicyclic) bond motifs is 1. The van der Waals surface area contributed by atoms with E-state index in [1.54, 1.807) is 6.07 Å². The average molecular weight is 274 g/mol. The molecule has 1 aromatic carbocycles. The molecular weight excluding hydrogens is 256 g/mol. The minimum Gasteiger partial charge on any atom is -0.508 e. The highest BCUT2D eigenvalue weighted by molar-refractivity contribution is 6.21. The number of hydrazine groups is 1. The van der Waals surface area contributed by atoms with Crippen LogP contribution in [0.4, 0.5) is 0 Å². The zero-order valence-corrected chi connectivity index (χ0v) is 11.6. The lowest BCUT2D eigenvalue weighted by atomic mass is 10.00. The fraction of sp³-hybridized carbons (Fsp3) is 0.467. The number of hydrogen-bond donors (Lipinski definition) is 1. The molecule has 5 heteroatoms. The first-order valence-electron chi connectivity index (χ1n) is 7.13. The van der Waals surface area contributed by atoms with Crippen LogP contribution in [0.15, 0.2) is 12.1 Å². The van der Waals surface area contributed by atoms with Crippen molar-refractivity contribution in [1.82, 2.24) is 10.0 Å². The molecule has 1 fully saturated rings. The standard InChI is InChI=1S/C15H18N2O3/c1-2-10-12(18)7-6-11-13(10)15(20)17(14(11)19)16-8-4-3-5-9-16/h6-7,18H,2-5,8-9H2,1H3. The van der Waals surface area contributed by atoms with Crippen LogP contribution in [0.5, 0.6) is 5.75 Å². The van der Waals surface area contributed by atoms with Crippen LogP contribution < -0.4 is 0 Å². The van der Waals surface area contributed by atoms with Gasteiger partial charge in [-0.25, -0.2) is 10.0 Å². The molecule has 1 aromatic rings. The first-order valence-corrected chi connectivity index (χ1v) is 7.13. The lowest BCUT2D eigenvalue weighted by molar-refractivity contribution is -0.00686. The molecule has 0 radical (unpaired) electrons. The summed E-state index contributed by atoms with van der Waals surface area (Å²) in [6.07, 6.45) is 3.67. The van der Waals surface area contributed by atoms with Gasteiger partial charge in [-0.05, 0) is 31.4 Å². The molecule has 0 aliphatic carbocycles. The first-order chi connectivity index (χ1) is 9.65. The summed E-state index contributed by atoms with van der Waals surface area (Å²) in [5.41, 5.74) is 1.36. The predicted octanol–water partition coefficient (Wildman–Crippen LogP) is 1.95. The molecule has 0 spiro atoms. The molecule has 0 saturated carbocycles. The van der Waals surface area contributed by atoms with Crippen LogP contribution in [-0.4, -0.2) is 40.0 Å². The molecule has 1 N–H and O–H groups in total. The summed E-state index contributed by atoms with van der Waals surface area (Å²) in [5, 5.41) is 13.0. The van der Waals surface area contributed by atoms with Gasteiger partial charge < -0.3 is 5.11 Å². The Hall–Kier alpha value is -1.88. The van der Waals surface area contributed by atoms with E-state index in [1.807, 2.05) is 11.9 Å². The maximum absolute atomic E-state index is 12.6. The average Bonchev–Trinajstić information content (AvgIpc) is 2.72. The van der Waals surface area contributed by atoms with E-state index in [9.17, 15) is 14.7 Å². The zero-order valence-electron chi connectivity index (χ0n) is 11.6. The van der Waals surface area contributed by atoms with E-state index in [0.29, 0.717) is 23.1 Å². The maximum Gasteiger partial charge on any atom is 0.276 e. The molecule has 106 valence electrons. The summed E-state index contributed by atoms with van der Waals surface area (Å²) in [4.78, 5) is 25.1. The summed E-state index contributed by atoms with van der Waals surface area (Å²) < 4.78 is 0. The largest absolute Gasteiger partial charge is 0.508 e. The third kappa shape index (κ3) is 1.81. The van der Waals surface area contributed by atoms with Gasteiger partial charge in [-0.1, -0.05) is 13.3 Å². The molecule has 1 saturated heterocycles. The second kappa shape index (κ2) is 4.90. The van der Waals surface area contributed by atoms with Gasteiger partial charge in [0.1, 0.15) is 5.75 Å². The van der Waals surface area contributed by atoms with Crippen molar-refractivity contribution >= 4 is 11.8 Å². The number of hydrogen-bond acceptors (Lipinski definition) is 4. The molecule has 5 nitrogen and oxygen atoms in total. The van der Waals surface area contributed by atoms with E-state index in [2.05, 4.69) is 0 Å². The molecule has 2 aliphatic heterocycles. The normalized spacial score (nSPS) is 19.6. The van der Waals surface area contributed by atoms with E-state index >= 15 is 0 Å². The third-order valence-electron chi connectivity index (χ3n) is 4.09. The van der Waals surface area contributed by atoms with Gasteiger partial charge in [0.2, 0.25) is 0 Å². The highest BCUT2D eigenvalue weighted by Crippen LogP contribution is 2.33. The Morgan fingerprint density at radius 1 is 1.10 bits per heavy atom. The molecule has 2 aliphatic rings. The van der Waals surface area contributed by atoms with Gasteiger partial charge in [-0.3, -0.25) is 9.59 Å². The van der Waals surface area contributed by atoms with Gasteiger partial charge in [0, 0.05) is 18.7 Å². The van der Waals surface area contributed by atoms with Crippen molar-refractivity contribution < 1.29 is 14.7 Å². The molecule has 0 unspecified atom stereocenters. The van der Waals surface area contributed by atoms with Gasteiger partial charge in [-0.2, -0.15) is 0 Å². The Kier molecular flexibility index (Phi) is 3.22.